The topological polar surface area (TPSA) is 57.6 Å². The summed E-state index contributed by atoms with van der Waals surface area (Å²) in [6, 6.07) is 10.9. The predicted octanol–water partition coefficient (Wildman–Crippen LogP) is 4.96. The normalized spacial score (nSPS) is 26.9. The Hall–Kier alpha value is -2.34. The standard InChI is InChI=1S/C29H42N4O2/c1-22-12-10-11-17-31(22)18-19-33-27(34)26-20-23-13-8-9-16-25(23)32(26)21-29(33,2)28(35)30-24-14-6-4-3-5-7-15-24/h8-9,13,16,20,22,24H,3-7,10-12,14-15,17-19,21H2,1-2H3,(H,30,35)/t22-,29+/m1/s1. The van der Waals surface area contributed by atoms with Crippen LogP contribution in [0.4, 0.5) is 0 Å². The van der Waals surface area contributed by atoms with Gasteiger partial charge in [0.25, 0.3) is 5.91 Å². The Morgan fingerprint density at radius 2 is 1.71 bits per heavy atom. The van der Waals surface area contributed by atoms with E-state index in [0.29, 0.717) is 24.8 Å². The summed E-state index contributed by atoms with van der Waals surface area (Å²) in [5.41, 5.74) is 0.826. The van der Waals surface area contributed by atoms with E-state index in [4.69, 9.17) is 0 Å². The van der Waals surface area contributed by atoms with Crippen molar-refractivity contribution in [2.75, 3.05) is 19.6 Å². The lowest BCUT2D eigenvalue weighted by atomic mass is 9.92. The smallest absolute Gasteiger partial charge is 0.271 e. The molecule has 1 aromatic carbocycles. The van der Waals surface area contributed by atoms with Gasteiger partial charge in [-0.15, -0.1) is 0 Å². The number of nitrogens with zero attached hydrogens (tertiary/aromatic N) is 3. The Morgan fingerprint density at radius 3 is 2.49 bits per heavy atom. The molecule has 0 unspecified atom stereocenters. The number of fused-ring (bicyclic) bond motifs is 3. The van der Waals surface area contributed by atoms with Gasteiger partial charge in [-0.3, -0.25) is 14.5 Å². The number of carbonyl (C=O) groups excluding carboxylic acids is 2. The molecular weight excluding hydrogens is 436 g/mol. The first-order chi connectivity index (χ1) is 17.0. The maximum atomic E-state index is 14.0. The van der Waals surface area contributed by atoms with Crippen molar-refractivity contribution in [1.82, 2.24) is 19.7 Å². The molecule has 2 amide bonds. The van der Waals surface area contributed by atoms with Crippen LogP contribution >= 0.6 is 0 Å². The number of hydrogen-bond donors (Lipinski definition) is 1. The molecule has 1 saturated carbocycles. The third-order valence-corrected chi connectivity index (χ3v) is 8.82. The zero-order chi connectivity index (χ0) is 24.4. The van der Waals surface area contributed by atoms with Gasteiger partial charge in [-0.1, -0.05) is 56.7 Å². The van der Waals surface area contributed by atoms with E-state index in [2.05, 4.69) is 33.8 Å². The van der Waals surface area contributed by atoms with E-state index in [1.54, 1.807) is 0 Å². The van der Waals surface area contributed by atoms with E-state index in [-0.39, 0.29) is 17.9 Å². The fraction of sp³-hybridized carbons (Fsp3) is 0.655. The van der Waals surface area contributed by atoms with Crippen molar-refractivity contribution in [2.24, 2.45) is 0 Å². The summed E-state index contributed by atoms with van der Waals surface area (Å²) < 4.78 is 2.08. The number of aromatic nitrogens is 1. The molecule has 2 atom stereocenters. The molecule has 2 fully saturated rings. The summed E-state index contributed by atoms with van der Waals surface area (Å²) in [7, 11) is 0. The van der Waals surface area contributed by atoms with Crippen LogP contribution in [0, 0.1) is 0 Å². The van der Waals surface area contributed by atoms with Gasteiger partial charge in [-0.05, 0) is 58.2 Å². The van der Waals surface area contributed by atoms with Gasteiger partial charge in [0, 0.05) is 36.1 Å². The molecule has 5 rings (SSSR count). The third-order valence-electron chi connectivity index (χ3n) is 8.82. The van der Waals surface area contributed by atoms with Gasteiger partial charge in [0.15, 0.2) is 0 Å². The Morgan fingerprint density at radius 1 is 1.00 bits per heavy atom. The molecule has 3 aliphatic rings. The summed E-state index contributed by atoms with van der Waals surface area (Å²) in [6.07, 6.45) is 11.9. The summed E-state index contributed by atoms with van der Waals surface area (Å²) >= 11 is 0. The van der Waals surface area contributed by atoms with Crippen molar-refractivity contribution < 1.29 is 9.59 Å². The van der Waals surface area contributed by atoms with Crippen molar-refractivity contribution in [2.45, 2.75) is 102 Å². The first-order valence-corrected chi connectivity index (χ1v) is 13.9. The van der Waals surface area contributed by atoms with Crippen LogP contribution in [-0.4, -0.2) is 63.4 Å². The fourth-order valence-electron chi connectivity index (χ4n) is 6.52. The Bertz CT molecular complexity index is 1050. The maximum Gasteiger partial charge on any atom is 0.271 e. The van der Waals surface area contributed by atoms with Crippen molar-refractivity contribution >= 4 is 22.7 Å². The minimum atomic E-state index is -0.909. The molecule has 2 aromatic rings. The molecular formula is C29H42N4O2. The lowest BCUT2D eigenvalue weighted by Crippen LogP contribution is -2.66. The zero-order valence-electron chi connectivity index (χ0n) is 21.6. The number of piperidine rings is 1. The Labute approximate surface area is 210 Å². The molecule has 1 aliphatic carbocycles. The van der Waals surface area contributed by atoms with Gasteiger partial charge in [0.2, 0.25) is 5.91 Å². The first-order valence-electron chi connectivity index (χ1n) is 13.9. The highest BCUT2D eigenvalue weighted by molar-refractivity contribution is 6.03. The second-order valence-corrected chi connectivity index (χ2v) is 11.3. The molecule has 190 valence electrons. The van der Waals surface area contributed by atoms with Crippen molar-refractivity contribution in [3.05, 3.63) is 36.0 Å². The van der Waals surface area contributed by atoms with E-state index in [1.165, 1.54) is 51.4 Å². The molecule has 1 saturated heterocycles. The minimum absolute atomic E-state index is 0.00606. The number of benzene rings is 1. The summed E-state index contributed by atoms with van der Waals surface area (Å²) in [5, 5.41) is 4.47. The quantitative estimate of drug-likeness (QED) is 0.661. The van der Waals surface area contributed by atoms with Gasteiger partial charge in [-0.25, -0.2) is 0 Å². The zero-order valence-corrected chi connectivity index (χ0v) is 21.6. The lowest BCUT2D eigenvalue weighted by molar-refractivity contribution is -0.133. The van der Waals surface area contributed by atoms with Crippen LogP contribution in [0.3, 0.4) is 0 Å². The van der Waals surface area contributed by atoms with E-state index >= 15 is 0 Å². The average Bonchev–Trinajstić information content (AvgIpc) is 3.20. The average molecular weight is 479 g/mol. The van der Waals surface area contributed by atoms with Crippen molar-refractivity contribution in [3.8, 4) is 0 Å². The molecule has 3 heterocycles. The van der Waals surface area contributed by atoms with Gasteiger partial charge in [0.1, 0.15) is 11.2 Å². The highest BCUT2D eigenvalue weighted by atomic mass is 16.2. The van der Waals surface area contributed by atoms with Crippen LogP contribution in [0.15, 0.2) is 30.3 Å². The van der Waals surface area contributed by atoms with Crippen molar-refractivity contribution in [3.63, 3.8) is 0 Å². The van der Waals surface area contributed by atoms with Gasteiger partial charge in [0.05, 0.1) is 6.54 Å². The van der Waals surface area contributed by atoms with Crippen LogP contribution in [0.2, 0.25) is 0 Å². The van der Waals surface area contributed by atoms with Gasteiger partial charge < -0.3 is 14.8 Å². The number of hydrogen-bond acceptors (Lipinski definition) is 3. The molecule has 0 radical (unpaired) electrons. The van der Waals surface area contributed by atoms with E-state index in [0.717, 1.165) is 36.8 Å². The molecule has 35 heavy (non-hydrogen) atoms. The van der Waals surface area contributed by atoms with Crippen LogP contribution in [0.1, 0.15) is 88.5 Å². The summed E-state index contributed by atoms with van der Waals surface area (Å²) in [6.45, 7) is 7.25. The van der Waals surface area contributed by atoms with E-state index in [1.807, 2.05) is 30.0 Å². The summed E-state index contributed by atoms with van der Waals surface area (Å²) in [4.78, 5) is 32.3. The number of likely N-dealkylation sites (tertiary alicyclic amines) is 1. The molecule has 0 bridgehead atoms. The SMILES string of the molecule is C[C@@H]1CCCCN1CCN1C(=O)c2cc3ccccc3n2C[C@@]1(C)C(=O)NC1CCCCCCC1. The van der Waals surface area contributed by atoms with E-state index < -0.39 is 5.54 Å². The van der Waals surface area contributed by atoms with Gasteiger partial charge >= 0.3 is 0 Å². The molecule has 6 nitrogen and oxygen atoms in total. The minimum Gasteiger partial charge on any atom is -0.351 e. The second kappa shape index (κ2) is 10.3. The van der Waals surface area contributed by atoms with Gasteiger partial charge in [-0.2, -0.15) is 0 Å². The fourth-order valence-corrected chi connectivity index (χ4v) is 6.52. The third kappa shape index (κ3) is 4.87. The highest BCUT2D eigenvalue weighted by Gasteiger charge is 2.48. The first kappa shape index (κ1) is 24.4. The maximum absolute atomic E-state index is 14.0. The lowest BCUT2D eigenvalue weighted by Gasteiger charge is -2.46. The Balaban J connectivity index is 1.43. The van der Waals surface area contributed by atoms with Crippen molar-refractivity contribution in [1.29, 1.82) is 0 Å². The number of carbonyl (C=O) groups is 2. The molecule has 0 spiro atoms. The largest absolute Gasteiger partial charge is 0.351 e. The number of para-hydroxylation sites is 1. The number of rotatable bonds is 5. The molecule has 2 aliphatic heterocycles. The summed E-state index contributed by atoms with van der Waals surface area (Å²) in [5.74, 6) is -0.0148. The monoisotopic (exact) mass is 478 g/mol. The second-order valence-electron chi connectivity index (χ2n) is 11.3. The van der Waals surface area contributed by atoms with Crippen LogP contribution in [-0.2, 0) is 11.3 Å². The molecule has 1 aromatic heterocycles. The highest BCUT2D eigenvalue weighted by Crippen LogP contribution is 2.33. The van der Waals surface area contributed by atoms with Crippen LogP contribution < -0.4 is 5.32 Å². The molecule has 1 N–H and O–H groups in total. The van der Waals surface area contributed by atoms with Crippen LogP contribution in [0.5, 0.6) is 0 Å². The van der Waals surface area contributed by atoms with E-state index in [9.17, 15) is 9.59 Å². The molecule has 6 heteroatoms. The number of nitrogens with one attached hydrogen (secondary N) is 1. The Kier molecular flexibility index (Phi) is 7.19. The predicted molar refractivity (Wildman–Crippen MR) is 141 cm³/mol. The number of amides is 2. The van der Waals surface area contributed by atoms with Crippen LogP contribution in [0.25, 0.3) is 10.9 Å².